The quantitative estimate of drug-likeness (QED) is 0.610. The molecule has 2 heteroatoms. The minimum absolute atomic E-state index is 0.357. The number of aliphatic hydroxyl groups is 1. The zero-order valence-electron chi connectivity index (χ0n) is 6.60. The van der Waals surface area contributed by atoms with Gasteiger partial charge in [-0.05, 0) is 26.8 Å². The zero-order chi connectivity index (χ0) is 7.72. The number of hydrogen-bond acceptors (Lipinski definition) is 1. The van der Waals surface area contributed by atoms with Crippen molar-refractivity contribution >= 4 is 0 Å². The first-order chi connectivity index (χ1) is 4.61. The van der Waals surface area contributed by atoms with Crippen molar-refractivity contribution in [1.82, 2.24) is 4.98 Å². The fourth-order valence-corrected chi connectivity index (χ4v) is 1.18. The summed E-state index contributed by atoms with van der Waals surface area (Å²) in [5.41, 5.74) is 3.17. The lowest BCUT2D eigenvalue weighted by molar-refractivity contribution is 0.198. The highest BCUT2D eigenvalue weighted by atomic mass is 16.3. The van der Waals surface area contributed by atoms with Gasteiger partial charge in [-0.15, -0.1) is 0 Å². The Morgan fingerprint density at radius 2 is 2.10 bits per heavy atom. The summed E-state index contributed by atoms with van der Waals surface area (Å²) >= 11 is 0. The molecule has 0 radical (unpaired) electrons. The Bertz CT molecular complexity index is 225. The molecule has 0 aliphatic carbocycles. The Hall–Kier alpha value is -0.760. The number of hydrogen-bond donors (Lipinski definition) is 2. The van der Waals surface area contributed by atoms with Gasteiger partial charge < -0.3 is 10.1 Å². The van der Waals surface area contributed by atoms with Crippen LogP contribution in [-0.2, 0) is 0 Å². The van der Waals surface area contributed by atoms with Gasteiger partial charge in [-0.3, -0.25) is 0 Å². The van der Waals surface area contributed by atoms with Gasteiger partial charge >= 0.3 is 0 Å². The maximum Gasteiger partial charge on any atom is 0.0779 e. The zero-order valence-corrected chi connectivity index (χ0v) is 6.60. The molecule has 0 saturated carbocycles. The number of aliphatic hydroxyl groups excluding tert-OH is 1. The summed E-state index contributed by atoms with van der Waals surface area (Å²) in [5.74, 6) is 0. The molecule has 56 valence electrons. The number of H-pyrrole nitrogens is 1. The summed E-state index contributed by atoms with van der Waals surface area (Å²) in [6.45, 7) is 5.73. The lowest BCUT2D eigenvalue weighted by atomic mass is 10.1. The Morgan fingerprint density at radius 3 is 2.30 bits per heavy atom. The van der Waals surface area contributed by atoms with Crippen LogP contribution in [0.2, 0.25) is 0 Å². The van der Waals surface area contributed by atoms with E-state index >= 15 is 0 Å². The van der Waals surface area contributed by atoms with E-state index in [9.17, 15) is 5.11 Å². The van der Waals surface area contributed by atoms with E-state index in [4.69, 9.17) is 0 Å². The molecule has 1 aromatic rings. The number of nitrogens with one attached hydrogen (secondary N) is 1. The van der Waals surface area contributed by atoms with Crippen LogP contribution in [-0.4, -0.2) is 10.1 Å². The van der Waals surface area contributed by atoms with Crippen LogP contribution >= 0.6 is 0 Å². The molecule has 0 amide bonds. The van der Waals surface area contributed by atoms with Gasteiger partial charge in [-0.2, -0.15) is 0 Å². The van der Waals surface area contributed by atoms with Crippen LogP contribution in [0.4, 0.5) is 0 Å². The first-order valence-electron chi connectivity index (χ1n) is 3.45. The second-order valence-corrected chi connectivity index (χ2v) is 2.71. The Labute approximate surface area is 60.9 Å². The predicted molar refractivity (Wildman–Crippen MR) is 40.9 cm³/mol. The smallest absolute Gasteiger partial charge is 0.0779 e. The molecule has 1 rings (SSSR count). The largest absolute Gasteiger partial charge is 0.389 e. The molecule has 2 N–H and O–H groups in total. The van der Waals surface area contributed by atoms with Gasteiger partial charge in [0.05, 0.1) is 6.10 Å². The van der Waals surface area contributed by atoms with Gasteiger partial charge in [0.25, 0.3) is 0 Å². The van der Waals surface area contributed by atoms with Crippen molar-refractivity contribution in [2.45, 2.75) is 26.9 Å². The second kappa shape index (κ2) is 2.46. The molecule has 0 aromatic carbocycles. The lowest BCUT2D eigenvalue weighted by Crippen LogP contribution is -1.90. The molecular weight excluding hydrogens is 126 g/mol. The molecule has 10 heavy (non-hydrogen) atoms. The number of aromatic amines is 1. The average Bonchev–Trinajstić information content (AvgIpc) is 2.10. The molecule has 0 spiro atoms. The van der Waals surface area contributed by atoms with Crippen molar-refractivity contribution in [1.29, 1.82) is 0 Å². The molecule has 0 bridgehead atoms. The average molecular weight is 139 g/mol. The third-order valence-corrected chi connectivity index (χ3v) is 1.64. The fraction of sp³-hybridized carbons (Fsp3) is 0.500. The van der Waals surface area contributed by atoms with E-state index in [0.29, 0.717) is 0 Å². The molecule has 0 saturated heterocycles. The van der Waals surface area contributed by atoms with Gasteiger partial charge in [0.1, 0.15) is 0 Å². The fourth-order valence-electron chi connectivity index (χ4n) is 1.18. The third kappa shape index (κ3) is 1.21. The number of aryl methyl sites for hydroxylation is 2. The van der Waals surface area contributed by atoms with Crippen molar-refractivity contribution in [3.63, 3.8) is 0 Å². The van der Waals surface area contributed by atoms with E-state index in [0.717, 1.165) is 17.0 Å². The summed E-state index contributed by atoms with van der Waals surface area (Å²) in [6, 6.07) is 1.97. The Morgan fingerprint density at radius 1 is 1.50 bits per heavy atom. The van der Waals surface area contributed by atoms with E-state index in [1.165, 1.54) is 0 Å². The van der Waals surface area contributed by atoms with Gasteiger partial charge in [0, 0.05) is 17.0 Å². The van der Waals surface area contributed by atoms with Crippen molar-refractivity contribution in [3.8, 4) is 0 Å². The highest BCUT2D eigenvalue weighted by Gasteiger charge is 2.05. The molecule has 1 heterocycles. The van der Waals surface area contributed by atoms with E-state index in [-0.39, 0.29) is 6.10 Å². The van der Waals surface area contributed by atoms with Crippen molar-refractivity contribution in [2.75, 3.05) is 0 Å². The molecular formula is C8H13NO. The molecule has 2 nitrogen and oxygen atoms in total. The standard InChI is InChI=1S/C8H13NO/c1-5-4-8(7(3)10)6(2)9-5/h4,7,9-10H,1-3H3/t7-/m0/s1. The van der Waals surface area contributed by atoms with Gasteiger partial charge in [0.15, 0.2) is 0 Å². The Kier molecular flexibility index (Phi) is 1.81. The van der Waals surface area contributed by atoms with E-state index in [2.05, 4.69) is 4.98 Å². The van der Waals surface area contributed by atoms with Crippen molar-refractivity contribution in [3.05, 3.63) is 23.0 Å². The predicted octanol–water partition coefficient (Wildman–Crippen LogP) is 1.68. The summed E-state index contributed by atoms with van der Waals surface area (Å²) in [5, 5.41) is 9.20. The molecule has 0 fully saturated rings. The summed E-state index contributed by atoms with van der Waals surface area (Å²) in [6.07, 6.45) is -0.357. The van der Waals surface area contributed by atoms with Crippen LogP contribution < -0.4 is 0 Å². The van der Waals surface area contributed by atoms with Gasteiger partial charge in [-0.1, -0.05) is 0 Å². The summed E-state index contributed by atoms with van der Waals surface area (Å²) in [7, 11) is 0. The number of rotatable bonds is 1. The van der Waals surface area contributed by atoms with Crippen LogP contribution in [0.1, 0.15) is 30.0 Å². The van der Waals surface area contributed by atoms with E-state index in [1.807, 2.05) is 19.9 Å². The maximum absolute atomic E-state index is 9.20. The molecule has 1 aromatic heterocycles. The van der Waals surface area contributed by atoms with Crippen LogP contribution in [0.15, 0.2) is 6.07 Å². The first-order valence-corrected chi connectivity index (χ1v) is 3.45. The van der Waals surface area contributed by atoms with Crippen LogP contribution in [0.5, 0.6) is 0 Å². The van der Waals surface area contributed by atoms with Crippen molar-refractivity contribution < 1.29 is 5.11 Å². The summed E-state index contributed by atoms with van der Waals surface area (Å²) in [4.78, 5) is 3.13. The minimum Gasteiger partial charge on any atom is -0.389 e. The van der Waals surface area contributed by atoms with Gasteiger partial charge in [-0.25, -0.2) is 0 Å². The first kappa shape index (κ1) is 7.35. The van der Waals surface area contributed by atoms with Crippen molar-refractivity contribution in [2.24, 2.45) is 0 Å². The van der Waals surface area contributed by atoms with Crippen LogP contribution in [0.3, 0.4) is 0 Å². The minimum atomic E-state index is -0.357. The second-order valence-electron chi connectivity index (χ2n) is 2.71. The van der Waals surface area contributed by atoms with Crippen LogP contribution in [0, 0.1) is 13.8 Å². The third-order valence-electron chi connectivity index (χ3n) is 1.64. The van der Waals surface area contributed by atoms with E-state index < -0.39 is 0 Å². The lowest BCUT2D eigenvalue weighted by Gasteiger charge is -2.00. The highest BCUT2D eigenvalue weighted by molar-refractivity contribution is 5.25. The molecule has 0 unspecified atom stereocenters. The monoisotopic (exact) mass is 139 g/mol. The van der Waals surface area contributed by atoms with E-state index in [1.54, 1.807) is 6.92 Å². The number of aromatic nitrogens is 1. The maximum atomic E-state index is 9.20. The normalized spacial score (nSPS) is 13.6. The molecule has 1 atom stereocenters. The summed E-state index contributed by atoms with van der Waals surface area (Å²) < 4.78 is 0. The van der Waals surface area contributed by atoms with Crippen LogP contribution in [0.25, 0.3) is 0 Å². The van der Waals surface area contributed by atoms with Gasteiger partial charge in [0.2, 0.25) is 0 Å². The Balaban J connectivity index is 3.03. The molecule has 0 aliphatic heterocycles. The topological polar surface area (TPSA) is 36.0 Å². The SMILES string of the molecule is Cc1cc([C@H](C)O)c(C)[nH]1. The molecule has 0 aliphatic rings. The highest BCUT2D eigenvalue weighted by Crippen LogP contribution is 2.17.